The Labute approximate surface area is 68.2 Å². The van der Waals surface area contributed by atoms with Gasteiger partial charge in [-0.15, -0.1) is 0 Å². The van der Waals surface area contributed by atoms with Crippen molar-refractivity contribution in [3.05, 3.63) is 0 Å². The maximum absolute atomic E-state index is 11.5. The summed E-state index contributed by atoms with van der Waals surface area (Å²) in [6.07, 6.45) is 2.43. The predicted molar refractivity (Wildman–Crippen MR) is 44.2 cm³/mol. The van der Waals surface area contributed by atoms with E-state index >= 15 is 0 Å². The molecule has 0 aromatic heterocycles. The lowest BCUT2D eigenvalue weighted by molar-refractivity contribution is -0.115. The summed E-state index contributed by atoms with van der Waals surface area (Å²) in [6, 6.07) is 0. The lowest BCUT2D eigenvalue weighted by atomic mass is 9.90. The molecule has 0 aromatic carbocycles. The number of hydrogen-bond donors (Lipinski definition) is 0. The molecule has 1 heteroatoms. The van der Waals surface area contributed by atoms with Crippen molar-refractivity contribution in [3.63, 3.8) is 0 Å². The SMILES string of the molecule is CC(C)[C@@]12CC[C@H](C)[C@H]1C2=O. The van der Waals surface area contributed by atoms with Crippen LogP contribution in [0.2, 0.25) is 0 Å². The quantitative estimate of drug-likeness (QED) is 0.563. The van der Waals surface area contributed by atoms with Crippen molar-refractivity contribution in [3.8, 4) is 0 Å². The van der Waals surface area contributed by atoms with Gasteiger partial charge in [0.15, 0.2) is 0 Å². The van der Waals surface area contributed by atoms with E-state index < -0.39 is 0 Å². The molecule has 0 bridgehead atoms. The van der Waals surface area contributed by atoms with Gasteiger partial charge >= 0.3 is 0 Å². The Kier molecular flexibility index (Phi) is 1.25. The highest BCUT2D eigenvalue weighted by Gasteiger charge is 2.70. The third-order valence-electron chi connectivity index (χ3n) is 3.83. The van der Waals surface area contributed by atoms with Crippen molar-refractivity contribution in [1.29, 1.82) is 0 Å². The van der Waals surface area contributed by atoms with Crippen LogP contribution in [0.3, 0.4) is 0 Å². The molecule has 11 heavy (non-hydrogen) atoms. The van der Waals surface area contributed by atoms with Gasteiger partial charge in [-0.1, -0.05) is 20.8 Å². The number of rotatable bonds is 1. The summed E-state index contributed by atoms with van der Waals surface area (Å²) in [6.45, 7) is 6.60. The van der Waals surface area contributed by atoms with E-state index in [1.54, 1.807) is 0 Å². The first-order chi connectivity index (χ1) is 5.10. The minimum atomic E-state index is 0.152. The highest BCUT2D eigenvalue weighted by Crippen LogP contribution is 2.66. The number of carbonyl (C=O) groups excluding carboxylic acids is 1. The Morgan fingerprint density at radius 3 is 2.45 bits per heavy atom. The van der Waals surface area contributed by atoms with Gasteiger partial charge in [0.1, 0.15) is 5.78 Å². The molecule has 0 aromatic rings. The van der Waals surface area contributed by atoms with Gasteiger partial charge < -0.3 is 0 Å². The zero-order valence-electron chi connectivity index (χ0n) is 7.55. The van der Waals surface area contributed by atoms with Crippen LogP contribution in [-0.2, 0) is 4.79 Å². The van der Waals surface area contributed by atoms with Gasteiger partial charge in [-0.25, -0.2) is 0 Å². The van der Waals surface area contributed by atoms with Gasteiger partial charge in [0.2, 0.25) is 0 Å². The molecule has 2 aliphatic carbocycles. The first-order valence-corrected chi connectivity index (χ1v) is 4.65. The molecule has 2 saturated carbocycles. The van der Waals surface area contributed by atoms with E-state index in [-0.39, 0.29) is 5.41 Å². The first kappa shape index (κ1) is 7.33. The summed E-state index contributed by atoms with van der Waals surface area (Å²) < 4.78 is 0. The Morgan fingerprint density at radius 1 is 1.55 bits per heavy atom. The maximum atomic E-state index is 11.5. The fourth-order valence-corrected chi connectivity index (χ4v) is 3.00. The minimum absolute atomic E-state index is 0.152. The second-order valence-electron chi connectivity index (χ2n) is 4.55. The van der Waals surface area contributed by atoms with E-state index in [0.717, 1.165) is 6.42 Å². The molecule has 2 aliphatic rings. The lowest BCUT2D eigenvalue weighted by Gasteiger charge is -2.12. The van der Waals surface area contributed by atoms with Crippen LogP contribution in [0.4, 0.5) is 0 Å². The van der Waals surface area contributed by atoms with Crippen LogP contribution in [0, 0.1) is 23.2 Å². The summed E-state index contributed by atoms with van der Waals surface area (Å²) >= 11 is 0. The van der Waals surface area contributed by atoms with E-state index in [1.807, 2.05) is 0 Å². The number of hydrogen-bond acceptors (Lipinski definition) is 1. The number of Topliss-reactive ketones (excluding diaryl/α,β-unsaturated/α-hetero) is 1. The zero-order chi connectivity index (χ0) is 8.22. The van der Waals surface area contributed by atoms with Gasteiger partial charge in [0, 0.05) is 11.3 Å². The average Bonchev–Trinajstić information content (AvgIpc) is 2.32. The molecule has 62 valence electrons. The molecule has 0 saturated heterocycles. The second kappa shape index (κ2) is 1.88. The Morgan fingerprint density at radius 2 is 2.18 bits per heavy atom. The van der Waals surface area contributed by atoms with E-state index in [4.69, 9.17) is 0 Å². The van der Waals surface area contributed by atoms with Crippen LogP contribution in [-0.4, -0.2) is 5.78 Å². The standard InChI is InChI=1S/C10H16O/c1-6(2)10-5-4-7(3)8(10)9(10)11/h6-8H,4-5H2,1-3H3/t7-,8-,10-/m0/s1. The van der Waals surface area contributed by atoms with Crippen LogP contribution in [0.25, 0.3) is 0 Å². The van der Waals surface area contributed by atoms with Crippen LogP contribution < -0.4 is 0 Å². The Balaban J connectivity index is 2.25. The fraction of sp³-hybridized carbons (Fsp3) is 0.900. The van der Waals surface area contributed by atoms with Crippen molar-refractivity contribution in [2.24, 2.45) is 23.2 Å². The summed E-state index contributed by atoms with van der Waals surface area (Å²) in [5, 5.41) is 0. The molecular formula is C10H16O. The van der Waals surface area contributed by atoms with E-state index in [9.17, 15) is 4.79 Å². The van der Waals surface area contributed by atoms with Crippen molar-refractivity contribution in [1.82, 2.24) is 0 Å². The van der Waals surface area contributed by atoms with Crippen LogP contribution in [0.15, 0.2) is 0 Å². The van der Waals surface area contributed by atoms with Gasteiger partial charge in [0.25, 0.3) is 0 Å². The monoisotopic (exact) mass is 152 g/mol. The molecule has 0 heterocycles. The number of fused-ring (bicyclic) bond motifs is 1. The molecule has 2 rings (SSSR count). The normalized spacial score (nSPS) is 48.2. The third kappa shape index (κ3) is 0.646. The van der Waals surface area contributed by atoms with Crippen molar-refractivity contribution in [2.45, 2.75) is 33.6 Å². The summed E-state index contributed by atoms with van der Waals surface area (Å²) in [5.74, 6) is 2.25. The largest absolute Gasteiger partial charge is 0.299 e. The summed E-state index contributed by atoms with van der Waals surface area (Å²) in [4.78, 5) is 11.5. The van der Waals surface area contributed by atoms with E-state index in [0.29, 0.717) is 23.5 Å². The van der Waals surface area contributed by atoms with Crippen LogP contribution >= 0.6 is 0 Å². The molecule has 3 atom stereocenters. The highest BCUT2D eigenvalue weighted by atomic mass is 16.1. The maximum Gasteiger partial charge on any atom is 0.144 e. The average molecular weight is 152 g/mol. The molecule has 0 radical (unpaired) electrons. The minimum Gasteiger partial charge on any atom is -0.299 e. The van der Waals surface area contributed by atoms with Gasteiger partial charge in [-0.2, -0.15) is 0 Å². The Bertz CT molecular complexity index is 207. The van der Waals surface area contributed by atoms with Crippen molar-refractivity contribution >= 4 is 5.78 Å². The molecule has 1 nitrogen and oxygen atoms in total. The summed E-state index contributed by atoms with van der Waals surface area (Å²) in [5.41, 5.74) is 0.152. The molecule has 0 aliphatic heterocycles. The lowest BCUT2D eigenvalue weighted by Crippen LogP contribution is -2.10. The molecule has 2 fully saturated rings. The number of ketones is 1. The Hall–Kier alpha value is -0.330. The van der Waals surface area contributed by atoms with Crippen molar-refractivity contribution in [2.75, 3.05) is 0 Å². The molecule has 0 N–H and O–H groups in total. The summed E-state index contributed by atoms with van der Waals surface area (Å²) in [7, 11) is 0. The van der Waals surface area contributed by atoms with Crippen LogP contribution in [0.1, 0.15) is 33.6 Å². The zero-order valence-corrected chi connectivity index (χ0v) is 7.55. The van der Waals surface area contributed by atoms with E-state index in [1.165, 1.54) is 6.42 Å². The molecule has 0 spiro atoms. The van der Waals surface area contributed by atoms with Gasteiger partial charge in [-0.3, -0.25) is 4.79 Å². The second-order valence-corrected chi connectivity index (χ2v) is 4.55. The number of carbonyl (C=O) groups is 1. The van der Waals surface area contributed by atoms with Gasteiger partial charge in [0.05, 0.1) is 0 Å². The highest BCUT2D eigenvalue weighted by molar-refractivity contribution is 6.05. The predicted octanol–water partition coefficient (Wildman–Crippen LogP) is 2.26. The topological polar surface area (TPSA) is 17.1 Å². The fourth-order valence-electron chi connectivity index (χ4n) is 3.00. The van der Waals surface area contributed by atoms with Gasteiger partial charge in [-0.05, 0) is 24.7 Å². The molecular weight excluding hydrogens is 136 g/mol. The smallest absolute Gasteiger partial charge is 0.144 e. The molecule has 0 amide bonds. The first-order valence-electron chi connectivity index (χ1n) is 4.65. The molecule has 0 unspecified atom stereocenters. The third-order valence-corrected chi connectivity index (χ3v) is 3.83. The van der Waals surface area contributed by atoms with Crippen LogP contribution in [0.5, 0.6) is 0 Å². The van der Waals surface area contributed by atoms with Crippen molar-refractivity contribution < 1.29 is 4.79 Å². The van der Waals surface area contributed by atoms with E-state index in [2.05, 4.69) is 20.8 Å².